The lowest BCUT2D eigenvalue weighted by Crippen LogP contribution is -2.48. The molecule has 158 valence electrons. The van der Waals surface area contributed by atoms with Gasteiger partial charge < -0.3 is 10.5 Å². The molecule has 3 rings (SSSR count). The lowest BCUT2D eigenvalue weighted by molar-refractivity contribution is 0.242. The summed E-state index contributed by atoms with van der Waals surface area (Å²) < 4.78 is 19.6. The maximum absolute atomic E-state index is 14.1. The number of ether oxygens (including phenoxy) is 1. The highest BCUT2D eigenvalue weighted by atomic mass is 35.5. The molecular formula is C24H32ClFN2O. The van der Waals surface area contributed by atoms with Crippen LogP contribution in [0.4, 0.5) is 4.39 Å². The number of aromatic nitrogens is 1. The average Bonchev–Trinajstić information content (AvgIpc) is 3.13. The first-order valence-corrected chi connectivity index (χ1v) is 10.8. The molecule has 5 heteroatoms. The van der Waals surface area contributed by atoms with E-state index in [2.05, 4.69) is 18.8 Å². The Morgan fingerprint density at radius 2 is 1.93 bits per heavy atom. The van der Waals surface area contributed by atoms with E-state index < -0.39 is 5.54 Å². The van der Waals surface area contributed by atoms with Crippen molar-refractivity contribution in [3.63, 3.8) is 0 Å². The van der Waals surface area contributed by atoms with Crippen molar-refractivity contribution in [3.05, 3.63) is 58.6 Å². The zero-order chi connectivity index (χ0) is 21.1. The molecule has 2 N–H and O–H groups in total. The minimum atomic E-state index is -0.430. The van der Waals surface area contributed by atoms with Crippen LogP contribution in [-0.2, 0) is 11.8 Å². The fourth-order valence-electron chi connectivity index (χ4n) is 5.14. The highest BCUT2D eigenvalue weighted by molar-refractivity contribution is 6.29. The molecule has 1 heterocycles. The predicted octanol–water partition coefficient (Wildman–Crippen LogP) is 6.07. The van der Waals surface area contributed by atoms with Crippen molar-refractivity contribution in [2.45, 2.75) is 69.7 Å². The van der Waals surface area contributed by atoms with E-state index >= 15 is 0 Å². The summed E-state index contributed by atoms with van der Waals surface area (Å²) in [4.78, 5) is 4.09. The Bertz CT molecular complexity index is 835. The standard InChI is InChI=1S/C24H32ClFN2O/c1-23(2,20-13-19(26)8-9-21(20)29-3)16-24(27,14-17-6-4-5-7-17)15-18-10-11-28-22(25)12-18/h8-13,17H,4-7,14-16,27H2,1-3H3. The second-order valence-corrected chi connectivity index (χ2v) is 9.67. The summed E-state index contributed by atoms with van der Waals surface area (Å²) in [6.45, 7) is 4.25. The summed E-state index contributed by atoms with van der Waals surface area (Å²) in [7, 11) is 1.63. The van der Waals surface area contributed by atoms with Crippen molar-refractivity contribution >= 4 is 11.6 Å². The van der Waals surface area contributed by atoms with Crippen LogP contribution in [0, 0.1) is 11.7 Å². The Morgan fingerprint density at radius 3 is 2.59 bits per heavy atom. The highest BCUT2D eigenvalue weighted by Gasteiger charge is 2.38. The van der Waals surface area contributed by atoms with Crippen molar-refractivity contribution < 1.29 is 9.13 Å². The third-order valence-electron chi connectivity index (χ3n) is 6.20. The fraction of sp³-hybridized carbons (Fsp3) is 0.542. The molecule has 0 amide bonds. The van der Waals surface area contributed by atoms with E-state index in [1.54, 1.807) is 25.4 Å². The largest absolute Gasteiger partial charge is 0.496 e. The minimum Gasteiger partial charge on any atom is -0.496 e. The Balaban J connectivity index is 1.91. The molecule has 0 aliphatic heterocycles. The van der Waals surface area contributed by atoms with Gasteiger partial charge in [-0.3, -0.25) is 0 Å². The molecular weight excluding hydrogens is 387 g/mol. The molecule has 0 saturated heterocycles. The summed E-state index contributed by atoms with van der Waals surface area (Å²) in [6, 6.07) is 8.60. The second-order valence-electron chi connectivity index (χ2n) is 9.29. The first kappa shape index (κ1) is 22.0. The first-order chi connectivity index (χ1) is 13.7. The van der Waals surface area contributed by atoms with Crippen LogP contribution in [0.1, 0.15) is 63.5 Å². The quantitative estimate of drug-likeness (QED) is 0.529. The number of nitrogens with two attached hydrogens (primary N) is 1. The van der Waals surface area contributed by atoms with Crippen molar-refractivity contribution in [3.8, 4) is 5.75 Å². The van der Waals surface area contributed by atoms with Crippen LogP contribution in [-0.4, -0.2) is 17.6 Å². The van der Waals surface area contributed by atoms with Gasteiger partial charge in [-0.2, -0.15) is 0 Å². The van der Waals surface area contributed by atoms with Crippen molar-refractivity contribution in [2.75, 3.05) is 7.11 Å². The summed E-state index contributed by atoms with van der Waals surface area (Å²) in [5.74, 6) is 1.09. The van der Waals surface area contributed by atoms with E-state index in [9.17, 15) is 4.39 Å². The van der Waals surface area contributed by atoms with E-state index in [-0.39, 0.29) is 11.2 Å². The number of rotatable bonds is 8. The fourth-order valence-corrected chi connectivity index (χ4v) is 5.34. The Hall–Kier alpha value is -1.65. The molecule has 0 radical (unpaired) electrons. The smallest absolute Gasteiger partial charge is 0.129 e. The zero-order valence-electron chi connectivity index (χ0n) is 17.7. The minimum absolute atomic E-state index is 0.256. The molecule has 1 unspecified atom stereocenters. The van der Waals surface area contributed by atoms with E-state index in [0.717, 1.165) is 24.0 Å². The third-order valence-corrected chi connectivity index (χ3v) is 6.41. The molecule has 1 aliphatic rings. The van der Waals surface area contributed by atoms with E-state index in [1.807, 2.05) is 12.1 Å². The van der Waals surface area contributed by atoms with Gasteiger partial charge in [0.1, 0.15) is 16.7 Å². The lowest BCUT2D eigenvalue weighted by atomic mass is 9.69. The maximum atomic E-state index is 14.1. The van der Waals surface area contributed by atoms with E-state index in [4.69, 9.17) is 22.1 Å². The summed E-state index contributed by atoms with van der Waals surface area (Å²) in [6.07, 6.45) is 9.15. The highest BCUT2D eigenvalue weighted by Crippen LogP contribution is 2.42. The van der Waals surface area contributed by atoms with Gasteiger partial charge in [-0.15, -0.1) is 0 Å². The van der Waals surface area contributed by atoms with E-state index in [0.29, 0.717) is 23.2 Å². The van der Waals surface area contributed by atoms with Crippen LogP contribution in [0.3, 0.4) is 0 Å². The van der Waals surface area contributed by atoms with Gasteiger partial charge in [-0.1, -0.05) is 51.1 Å². The van der Waals surface area contributed by atoms with Gasteiger partial charge in [0.05, 0.1) is 7.11 Å². The molecule has 1 aromatic carbocycles. The van der Waals surface area contributed by atoms with Crippen LogP contribution >= 0.6 is 11.6 Å². The molecule has 0 bridgehead atoms. The SMILES string of the molecule is COc1ccc(F)cc1C(C)(C)CC(N)(Cc1ccnc(Cl)c1)CC1CCCC1. The van der Waals surface area contributed by atoms with Crippen LogP contribution in [0.2, 0.25) is 5.15 Å². The van der Waals surface area contributed by atoms with Gasteiger partial charge in [-0.25, -0.2) is 9.37 Å². The van der Waals surface area contributed by atoms with Gasteiger partial charge >= 0.3 is 0 Å². The van der Waals surface area contributed by atoms with Crippen molar-refractivity contribution in [1.29, 1.82) is 0 Å². The molecule has 2 aromatic rings. The lowest BCUT2D eigenvalue weighted by Gasteiger charge is -2.40. The topological polar surface area (TPSA) is 48.1 Å². The molecule has 1 saturated carbocycles. The monoisotopic (exact) mass is 418 g/mol. The summed E-state index contributed by atoms with van der Waals surface area (Å²) in [5.41, 5.74) is 8.28. The Kier molecular flexibility index (Phi) is 6.85. The molecule has 0 spiro atoms. The van der Waals surface area contributed by atoms with Crippen molar-refractivity contribution in [2.24, 2.45) is 11.7 Å². The van der Waals surface area contributed by atoms with Crippen molar-refractivity contribution in [1.82, 2.24) is 4.98 Å². The van der Waals surface area contributed by atoms with Crippen LogP contribution in [0.15, 0.2) is 36.5 Å². The number of halogens is 2. The molecule has 1 atom stereocenters. The molecule has 3 nitrogen and oxygen atoms in total. The van der Waals surface area contributed by atoms with Crippen LogP contribution in [0.25, 0.3) is 0 Å². The Labute approximate surface area is 178 Å². The van der Waals surface area contributed by atoms with E-state index in [1.165, 1.54) is 31.7 Å². The zero-order valence-corrected chi connectivity index (χ0v) is 18.4. The Morgan fingerprint density at radius 1 is 1.21 bits per heavy atom. The molecule has 1 aromatic heterocycles. The van der Waals surface area contributed by atoms with Crippen LogP contribution in [0.5, 0.6) is 5.75 Å². The van der Waals surface area contributed by atoms with Gasteiger partial charge in [0.2, 0.25) is 0 Å². The number of pyridine rings is 1. The molecule has 1 aliphatic carbocycles. The number of hydrogen-bond donors (Lipinski definition) is 1. The van der Waals surface area contributed by atoms with Gasteiger partial charge in [0, 0.05) is 17.3 Å². The second kappa shape index (κ2) is 9.01. The normalized spacial score (nSPS) is 17.3. The third kappa shape index (κ3) is 5.70. The number of benzene rings is 1. The van der Waals surface area contributed by atoms with Crippen LogP contribution < -0.4 is 10.5 Å². The number of hydrogen-bond acceptors (Lipinski definition) is 3. The molecule has 29 heavy (non-hydrogen) atoms. The van der Waals surface area contributed by atoms with Gasteiger partial charge in [0.25, 0.3) is 0 Å². The summed E-state index contributed by atoms with van der Waals surface area (Å²) in [5, 5.41) is 0.483. The average molecular weight is 419 g/mol. The maximum Gasteiger partial charge on any atom is 0.129 e. The molecule has 1 fully saturated rings. The predicted molar refractivity (Wildman–Crippen MR) is 117 cm³/mol. The number of methoxy groups -OCH3 is 1. The first-order valence-electron chi connectivity index (χ1n) is 10.4. The number of nitrogens with zero attached hydrogens (tertiary/aromatic N) is 1. The summed E-state index contributed by atoms with van der Waals surface area (Å²) >= 11 is 6.12. The van der Waals surface area contributed by atoms with Gasteiger partial charge in [0.15, 0.2) is 0 Å². The van der Waals surface area contributed by atoms with Gasteiger partial charge in [-0.05, 0) is 66.5 Å².